The van der Waals surface area contributed by atoms with Crippen LogP contribution in [0.1, 0.15) is 51.9 Å². The van der Waals surface area contributed by atoms with Gasteiger partial charge in [0, 0.05) is 6.54 Å². The van der Waals surface area contributed by atoms with Crippen LogP contribution >= 0.6 is 0 Å². The highest BCUT2D eigenvalue weighted by Gasteiger charge is 2.18. The van der Waals surface area contributed by atoms with Gasteiger partial charge in [0.15, 0.2) is 0 Å². The first-order chi connectivity index (χ1) is 8.22. The lowest BCUT2D eigenvalue weighted by atomic mass is 10.1. The van der Waals surface area contributed by atoms with Gasteiger partial charge >= 0.3 is 6.03 Å². The number of unbranched alkanes of at least 4 members (excludes halogenated alkanes) is 5. The van der Waals surface area contributed by atoms with Crippen molar-refractivity contribution in [3.05, 3.63) is 0 Å². The van der Waals surface area contributed by atoms with E-state index >= 15 is 0 Å². The molecule has 96 valence electrons. The molecule has 5 heteroatoms. The lowest BCUT2D eigenvalue weighted by molar-refractivity contribution is -0.119. The highest BCUT2D eigenvalue weighted by Crippen LogP contribution is 2.05. The fourth-order valence-electron chi connectivity index (χ4n) is 1.73. The third kappa shape index (κ3) is 6.04. The zero-order valence-electron chi connectivity index (χ0n) is 10.4. The molecule has 0 saturated carbocycles. The Morgan fingerprint density at radius 2 is 1.76 bits per heavy atom. The van der Waals surface area contributed by atoms with Gasteiger partial charge in [-0.2, -0.15) is 0 Å². The Labute approximate surface area is 102 Å². The van der Waals surface area contributed by atoms with Crippen LogP contribution < -0.4 is 10.6 Å². The molecule has 1 aliphatic heterocycles. The number of nitrogens with one attached hydrogen (secondary N) is 2. The Morgan fingerprint density at radius 1 is 1.06 bits per heavy atom. The van der Waals surface area contributed by atoms with Gasteiger partial charge in [0.05, 0.1) is 6.42 Å². The third-order valence-corrected chi connectivity index (χ3v) is 2.65. The molecule has 0 bridgehead atoms. The number of nitrogens with zero attached hydrogens (tertiary/aromatic N) is 1. The lowest BCUT2D eigenvalue weighted by Crippen LogP contribution is -2.49. The molecule has 17 heavy (non-hydrogen) atoms. The second-order valence-electron chi connectivity index (χ2n) is 4.28. The fraction of sp³-hybridized carbons (Fsp3) is 0.750. The van der Waals surface area contributed by atoms with Crippen molar-refractivity contribution < 1.29 is 9.59 Å². The number of urea groups is 1. The van der Waals surface area contributed by atoms with Crippen molar-refractivity contribution in [1.82, 2.24) is 10.6 Å². The molecule has 5 nitrogen and oxygen atoms in total. The van der Waals surface area contributed by atoms with E-state index in [0.717, 1.165) is 12.8 Å². The summed E-state index contributed by atoms with van der Waals surface area (Å²) in [7, 11) is 0. The minimum atomic E-state index is -0.469. The van der Waals surface area contributed by atoms with Gasteiger partial charge in [0.25, 0.3) is 0 Å². The Morgan fingerprint density at radius 3 is 2.47 bits per heavy atom. The minimum Gasteiger partial charge on any atom is -0.295 e. The van der Waals surface area contributed by atoms with Gasteiger partial charge in [0.2, 0.25) is 5.91 Å². The topological polar surface area (TPSA) is 70.6 Å². The zero-order valence-corrected chi connectivity index (χ0v) is 10.4. The Bertz CT molecular complexity index is 282. The van der Waals surface area contributed by atoms with Crippen molar-refractivity contribution in [3.63, 3.8) is 0 Å². The molecule has 0 atom stereocenters. The molecule has 1 fully saturated rings. The Balaban J connectivity index is 2.11. The van der Waals surface area contributed by atoms with E-state index in [1.807, 2.05) is 0 Å². The van der Waals surface area contributed by atoms with Crippen LogP contribution in [0.5, 0.6) is 0 Å². The van der Waals surface area contributed by atoms with Gasteiger partial charge in [0.1, 0.15) is 5.84 Å². The molecule has 1 heterocycles. The summed E-state index contributed by atoms with van der Waals surface area (Å²) in [5, 5.41) is 4.70. The van der Waals surface area contributed by atoms with Crippen molar-refractivity contribution >= 4 is 17.8 Å². The van der Waals surface area contributed by atoms with Gasteiger partial charge < -0.3 is 0 Å². The predicted octanol–water partition coefficient (Wildman–Crippen LogP) is 1.97. The number of hydrogen-bond donors (Lipinski definition) is 2. The average Bonchev–Trinajstić information content (AvgIpc) is 2.26. The van der Waals surface area contributed by atoms with Gasteiger partial charge in [-0.15, -0.1) is 0 Å². The van der Waals surface area contributed by atoms with Crippen LogP contribution in [-0.4, -0.2) is 24.3 Å². The number of carbonyl (C=O) groups excluding carboxylic acids is 2. The van der Waals surface area contributed by atoms with Crippen LogP contribution in [0.25, 0.3) is 0 Å². The maximum atomic E-state index is 11.0. The standard InChI is InChI=1S/C12H21N3O2/c1-2-3-4-5-6-7-8-13-10-9-11(16)15-12(17)14-10/h2-9H2,1H3,(H2,13,14,15,16,17). The first kappa shape index (κ1) is 13.7. The van der Waals surface area contributed by atoms with E-state index in [0.29, 0.717) is 12.4 Å². The van der Waals surface area contributed by atoms with Crippen LogP contribution in [0.4, 0.5) is 4.79 Å². The molecule has 3 amide bonds. The molecule has 1 aliphatic rings. The van der Waals surface area contributed by atoms with Crippen molar-refractivity contribution in [2.45, 2.75) is 51.9 Å². The SMILES string of the molecule is CCCCCCCCN=C1CC(=O)NC(=O)N1. The first-order valence-electron chi connectivity index (χ1n) is 6.36. The van der Waals surface area contributed by atoms with Crippen molar-refractivity contribution in [3.8, 4) is 0 Å². The number of amides is 3. The molecule has 0 aromatic heterocycles. The molecule has 1 rings (SSSR count). The van der Waals surface area contributed by atoms with Gasteiger partial charge in [-0.05, 0) is 6.42 Å². The van der Waals surface area contributed by atoms with E-state index in [-0.39, 0.29) is 12.3 Å². The number of rotatable bonds is 7. The summed E-state index contributed by atoms with van der Waals surface area (Å²) in [5.41, 5.74) is 0. The van der Waals surface area contributed by atoms with E-state index in [1.54, 1.807) is 0 Å². The maximum absolute atomic E-state index is 11.0. The highest BCUT2D eigenvalue weighted by molar-refractivity contribution is 6.15. The predicted molar refractivity (Wildman–Crippen MR) is 67.0 cm³/mol. The summed E-state index contributed by atoms with van der Waals surface area (Å²) in [5.74, 6) is 0.211. The second-order valence-corrected chi connectivity index (χ2v) is 4.28. The largest absolute Gasteiger partial charge is 0.326 e. The van der Waals surface area contributed by atoms with Crippen LogP contribution in [0, 0.1) is 0 Å². The molecule has 0 aliphatic carbocycles. The van der Waals surface area contributed by atoms with Crippen LogP contribution in [0.3, 0.4) is 0 Å². The summed E-state index contributed by atoms with van der Waals surface area (Å²) in [6.45, 7) is 2.89. The summed E-state index contributed by atoms with van der Waals surface area (Å²) in [6.07, 6.45) is 7.44. The molecular formula is C12H21N3O2. The number of amidine groups is 1. The second kappa shape index (κ2) is 7.81. The maximum Gasteiger partial charge on any atom is 0.326 e. The lowest BCUT2D eigenvalue weighted by Gasteiger charge is -2.14. The number of carbonyl (C=O) groups is 2. The molecule has 0 aromatic carbocycles. The summed E-state index contributed by atoms with van der Waals surface area (Å²) in [6, 6.07) is -0.469. The Kier molecular flexibility index (Phi) is 6.29. The molecule has 2 N–H and O–H groups in total. The van der Waals surface area contributed by atoms with E-state index in [1.165, 1.54) is 25.7 Å². The average molecular weight is 239 g/mol. The van der Waals surface area contributed by atoms with Gasteiger partial charge in [-0.25, -0.2) is 4.79 Å². The summed E-state index contributed by atoms with van der Waals surface area (Å²) in [4.78, 5) is 26.2. The van der Waals surface area contributed by atoms with Crippen LogP contribution in [-0.2, 0) is 4.79 Å². The molecule has 0 aromatic rings. The van der Waals surface area contributed by atoms with Crippen molar-refractivity contribution in [1.29, 1.82) is 0 Å². The highest BCUT2D eigenvalue weighted by atomic mass is 16.2. The van der Waals surface area contributed by atoms with Crippen molar-refractivity contribution in [2.24, 2.45) is 4.99 Å². The van der Waals surface area contributed by atoms with E-state index in [4.69, 9.17) is 0 Å². The van der Waals surface area contributed by atoms with Gasteiger partial charge in [-0.1, -0.05) is 39.0 Å². The number of hydrogen-bond acceptors (Lipinski definition) is 3. The number of imide groups is 1. The smallest absolute Gasteiger partial charge is 0.295 e. The third-order valence-electron chi connectivity index (χ3n) is 2.65. The van der Waals surface area contributed by atoms with E-state index < -0.39 is 6.03 Å². The molecule has 0 unspecified atom stereocenters. The molecule has 0 radical (unpaired) electrons. The summed E-state index contributed by atoms with van der Waals surface area (Å²) >= 11 is 0. The Hall–Kier alpha value is -1.39. The van der Waals surface area contributed by atoms with Crippen molar-refractivity contribution in [2.75, 3.05) is 6.54 Å². The normalized spacial score (nSPS) is 18.1. The van der Waals surface area contributed by atoms with Gasteiger partial charge in [-0.3, -0.25) is 20.4 Å². The minimum absolute atomic E-state index is 0.182. The molecule has 0 spiro atoms. The van der Waals surface area contributed by atoms with Crippen LogP contribution in [0.2, 0.25) is 0 Å². The molecular weight excluding hydrogens is 218 g/mol. The zero-order chi connectivity index (χ0) is 12.5. The monoisotopic (exact) mass is 239 g/mol. The summed E-state index contributed by atoms with van der Waals surface area (Å²) < 4.78 is 0. The van der Waals surface area contributed by atoms with Crippen LogP contribution in [0.15, 0.2) is 4.99 Å². The first-order valence-corrected chi connectivity index (χ1v) is 6.36. The van der Waals surface area contributed by atoms with E-state index in [9.17, 15) is 9.59 Å². The molecule has 1 saturated heterocycles. The quantitative estimate of drug-likeness (QED) is 0.667. The van der Waals surface area contributed by atoms with E-state index in [2.05, 4.69) is 22.5 Å². The number of aliphatic imine (C=N–C) groups is 1. The fourth-order valence-corrected chi connectivity index (χ4v) is 1.73.